The van der Waals surface area contributed by atoms with Crippen molar-refractivity contribution in [2.75, 3.05) is 6.54 Å². The summed E-state index contributed by atoms with van der Waals surface area (Å²) < 4.78 is 5.52. The topological polar surface area (TPSA) is 108 Å². The molecule has 3 aromatic rings. The minimum atomic E-state index is -1.04. The minimum absolute atomic E-state index is 0.00794. The van der Waals surface area contributed by atoms with E-state index in [2.05, 4.69) is 17.6 Å². The van der Waals surface area contributed by atoms with Gasteiger partial charge in [-0.3, -0.25) is 9.59 Å². The number of aromatic hydroxyl groups is 1. The zero-order chi connectivity index (χ0) is 32.0. The van der Waals surface area contributed by atoms with E-state index < -0.39 is 29.7 Å². The highest BCUT2D eigenvalue weighted by atomic mass is 16.6. The molecule has 0 aliphatic rings. The van der Waals surface area contributed by atoms with Crippen LogP contribution in [0.3, 0.4) is 0 Å². The Bertz CT molecular complexity index is 1320. The maximum absolute atomic E-state index is 14.6. The fourth-order valence-corrected chi connectivity index (χ4v) is 5.00. The van der Waals surface area contributed by atoms with Gasteiger partial charge in [0.25, 0.3) is 0 Å². The standard InChI is InChI=1S/C36H47N3O5/c1-5-6-7-8-15-23-39(34(42)31(24-27-17-11-9-12-18-27)38-35(43)44-36(2,3)4)32(29-21-16-22-30(40)25-29)33(41)37-26-28-19-13-10-14-20-28/h9-14,16-22,25,31-32,40H,5-8,15,23-24,26H2,1-4H3,(H,37,41)(H,38,43). The summed E-state index contributed by atoms with van der Waals surface area (Å²) in [5.74, 6) is -0.790. The molecule has 0 aromatic heterocycles. The first-order valence-corrected chi connectivity index (χ1v) is 15.5. The Kier molecular flexibility index (Phi) is 13.3. The molecule has 0 fully saturated rings. The third-order valence-electron chi connectivity index (χ3n) is 7.11. The van der Waals surface area contributed by atoms with Crippen LogP contribution in [0.5, 0.6) is 5.75 Å². The van der Waals surface area contributed by atoms with Crippen molar-refractivity contribution in [1.29, 1.82) is 0 Å². The number of hydrogen-bond acceptors (Lipinski definition) is 5. The van der Waals surface area contributed by atoms with Gasteiger partial charge >= 0.3 is 6.09 Å². The van der Waals surface area contributed by atoms with Crippen LogP contribution in [0, 0.1) is 0 Å². The third-order valence-corrected chi connectivity index (χ3v) is 7.11. The molecule has 8 heteroatoms. The van der Waals surface area contributed by atoms with Crippen molar-refractivity contribution in [3.05, 3.63) is 102 Å². The molecule has 0 bridgehead atoms. The fourth-order valence-electron chi connectivity index (χ4n) is 5.00. The number of nitrogens with zero attached hydrogens (tertiary/aromatic N) is 1. The lowest BCUT2D eigenvalue weighted by Gasteiger charge is -2.35. The second-order valence-electron chi connectivity index (χ2n) is 12.0. The smallest absolute Gasteiger partial charge is 0.408 e. The van der Waals surface area contributed by atoms with Gasteiger partial charge in [0.2, 0.25) is 11.8 Å². The number of unbranched alkanes of at least 4 members (excludes halogenated alkanes) is 4. The van der Waals surface area contributed by atoms with Gasteiger partial charge in [0.15, 0.2) is 0 Å². The molecule has 0 aliphatic heterocycles. The van der Waals surface area contributed by atoms with Crippen LogP contribution in [0.1, 0.15) is 82.5 Å². The predicted octanol–water partition coefficient (Wildman–Crippen LogP) is 6.68. The Balaban J connectivity index is 2.01. The minimum Gasteiger partial charge on any atom is -0.508 e. The van der Waals surface area contributed by atoms with Crippen LogP contribution in [0.4, 0.5) is 4.79 Å². The van der Waals surface area contributed by atoms with Crippen molar-refractivity contribution < 1.29 is 24.2 Å². The van der Waals surface area contributed by atoms with Crippen molar-refractivity contribution in [2.24, 2.45) is 0 Å². The predicted molar refractivity (Wildman–Crippen MR) is 173 cm³/mol. The van der Waals surface area contributed by atoms with E-state index in [4.69, 9.17) is 4.74 Å². The fraction of sp³-hybridized carbons (Fsp3) is 0.417. The normalized spacial score (nSPS) is 12.5. The summed E-state index contributed by atoms with van der Waals surface area (Å²) in [6.07, 6.45) is 4.24. The summed E-state index contributed by atoms with van der Waals surface area (Å²) in [5, 5.41) is 16.2. The van der Waals surface area contributed by atoms with Gasteiger partial charge in [0.05, 0.1) is 0 Å². The second kappa shape index (κ2) is 17.1. The molecule has 0 saturated carbocycles. The van der Waals surface area contributed by atoms with Gasteiger partial charge in [0.1, 0.15) is 23.4 Å². The first-order chi connectivity index (χ1) is 21.1. The molecule has 0 spiro atoms. The second-order valence-corrected chi connectivity index (χ2v) is 12.0. The van der Waals surface area contributed by atoms with Crippen molar-refractivity contribution >= 4 is 17.9 Å². The lowest BCUT2D eigenvalue weighted by molar-refractivity contribution is -0.142. The highest BCUT2D eigenvalue weighted by molar-refractivity contribution is 5.92. The molecule has 3 N–H and O–H groups in total. The quantitative estimate of drug-likeness (QED) is 0.168. The molecule has 2 atom stereocenters. The Hall–Kier alpha value is -4.33. The summed E-state index contributed by atoms with van der Waals surface area (Å²) in [6, 6.07) is 23.4. The van der Waals surface area contributed by atoms with Crippen LogP contribution in [-0.2, 0) is 27.3 Å². The van der Waals surface area contributed by atoms with Crippen LogP contribution in [0.25, 0.3) is 0 Å². The number of benzene rings is 3. The summed E-state index contributed by atoms with van der Waals surface area (Å²) >= 11 is 0. The number of hydrogen-bond donors (Lipinski definition) is 3. The summed E-state index contributed by atoms with van der Waals surface area (Å²) in [6.45, 7) is 8.00. The Morgan fingerprint density at radius 1 is 0.841 bits per heavy atom. The van der Waals surface area contributed by atoms with Gasteiger partial charge in [-0.25, -0.2) is 4.79 Å². The zero-order valence-corrected chi connectivity index (χ0v) is 26.4. The van der Waals surface area contributed by atoms with E-state index >= 15 is 0 Å². The number of carbonyl (C=O) groups excluding carboxylic acids is 3. The maximum Gasteiger partial charge on any atom is 0.408 e. The van der Waals surface area contributed by atoms with E-state index in [0.717, 1.165) is 36.8 Å². The van der Waals surface area contributed by atoms with Gasteiger partial charge in [-0.15, -0.1) is 0 Å². The van der Waals surface area contributed by atoms with Gasteiger partial charge in [-0.05, 0) is 56.0 Å². The first-order valence-electron chi connectivity index (χ1n) is 15.5. The molecule has 3 amide bonds. The monoisotopic (exact) mass is 601 g/mol. The summed E-state index contributed by atoms with van der Waals surface area (Å²) in [7, 11) is 0. The Labute approximate surface area is 261 Å². The van der Waals surface area contributed by atoms with Crippen LogP contribution in [0.2, 0.25) is 0 Å². The number of ether oxygens (including phenoxy) is 1. The van der Waals surface area contributed by atoms with Crippen molar-refractivity contribution in [3.8, 4) is 5.75 Å². The van der Waals surface area contributed by atoms with E-state index in [1.807, 2.05) is 60.7 Å². The largest absolute Gasteiger partial charge is 0.508 e. The average molecular weight is 602 g/mol. The lowest BCUT2D eigenvalue weighted by Crippen LogP contribution is -2.54. The summed E-state index contributed by atoms with van der Waals surface area (Å²) in [4.78, 5) is 43.1. The highest BCUT2D eigenvalue weighted by Gasteiger charge is 2.36. The van der Waals surface area contributed by atoms with Crippen molar-refractivity contribution in [2.45, 2.75) is 90.4 Å². The number of amides is 3. The Morgan fingerprint density at radius 3 is 2.09 bits per heavy atom. The maximum atomic E-state index is 14.6. The van der Waals surface area contributed by atoms with Crippen LogP contribution >= 0.6 is 0 Å². The molecule has 0 aliphatic carbocycles. The number of phenols is 1. The molecular formula is C36H47N3O5. The number of nitrogens with one attached hydrogen (secondary N) is 2. The van der Waals surface area contributed by atoms with Crippen LogP contribution < -0.4 is 10.6 Å². The van der Waals surface area contributed by atoms with E-state index in [0.29, 0.717) is 18.5 Å². The average Bonchev–Trinajstić information content (AvgIpc) is 2.98. The highest BCUT2D eigenvalue weighted by Crippen LogP contribution is 2.27. The molecule has 3 aromatic carbocycles. The van der Waals surface area contributed by atoms with E-state index in [1.165, 1.54) is 12.1 Å². The molecule has 8 nitrogen and oxygen atoms in total. The van der Waals surface area contributed by atoms with Crippen LogP contribution in [0.15, 0.2) is 84.9 Å². The van der Waals surface area contributed by atoms with Crippen molar-refractivity contribution in [3.63, 3.8) is 0 Å². The zero-order valence-electron chi connectivity index (χ0n) is 26.4. The summed E-state index contributed by atoms with van der Waals surface area (Å²) in [5.41, 5.74) is 1.49. The molecule has 0 heterocycles. The van der Waals surface area contributed by atoms with Crippen molar-refractivity contribution in [1.82, 2.24) is 15.5 Å². The van der Waals surface area contributed by atoms with Gasteiger partial charge < -0.3 is 25.4 Å². The van der Waals surface area contributed by atoms with E-state index in [1.54, 1.807) is 37.8 Å². The van der Waals surface area contributed by atoms with Crippen LogP contribution in [-0.4, -0.2) is 46.1 Å². The first kappa shape index (κ1) is 34.2. The van der Waals surface area contributed by atoms with Gasteiger partial charge in [0, 0.05) is 19.5 Å². The Morgan fingerprint density at radius 2 is 1.48 bits per heavy atom. The lowest BCUT2D eigenvalue weighted by atomic mass is 9.99. The molecule has 236 valence electrons. The SMILES string of the molecule is CCCCCCCN(C(=O)C(Cc1ccccc1)NC(=O)OC(C)(C)C)C(C(=O)NCc1ccccc1)c1cccc(O)c1. The number of carbonyl (C=O) groups is 3. The number of phenolic OH excluding ortho intramolecular Hbond substituents is 1. The van der Waals surface area contributed by atoms with E-state index in [-0.39, 0.29) is 24.6 Å². The van der Waals surface area contributed by atoms with E-state index in [9.17, 15) is 19.5 Å². The third kappa shape index (κ3) is 11.4. The van der Waals surface area contributed by atoms with Gasteiger partial charge in [-0.1, -0.05) is 105 Å². The number of rotatable bonds is 15. The number of alkyl carbamates (subject to hydrolysis) is 1. The van der Waals surface area contributed by atoms with Gasteiger partial charge in [-0.2, -0.15) is 0 Å². The molecule has 44 heavy (non-hydrogen) atoms. The molecule has 3 rings (SSSR count). The molecule has 0 radical (unpaired) electrons. The molecule has 0 saturated heterocycles. The molecule has 2 unspecified atom stereocenters. The molecular weight excluding hydrogens is 554 g/mol.